The number of carbonyl (C=O) groups excluding carboxylic acids is 1. The van der Waals surface area contributed by atoms with E-state index in [0.717, 1.165) is 0 Å². The molecule has 1 aromatic rings. The lowest BCUT2D eigenvalue weighted by molar-refractivity contribution is -0.385. The van der Waals surface area contributed by atoms with Crippen LogP contribution in [-0.2, 0) is 11.3 Å². The largest absolute Gasteiger partial charge is 0.496 e. The Labute approximate surface area is 123 Å². The number of nitrogens with one attached hydrogen (secondary N) is 2. The summed E-state index contributed by atoms with van der Waals surface area (Å²) in [5.74, 6) is 0.308. The molecule has 0 radical (unpaired) electrons. The third-order valence-corrected chi connectivity index (χ3v) is 2.83. The number of nitrogens with zero attached hydrogens (tertiary/aromatic N) is 1. The highest BCUT2D eigenvalue weighted by Crippen LogP contribution is 2.22. The van der Waals surface area contributed by atoms with Crippen molar-refractivity contribution in [1.29, 1.82) is 0 Å². The standard InChI is InChI=1S/C14H21N3O4/c1-9(2)16-14(18)10(3)15-8-11-5-12(17(19)20)7-13(6-11)21-4/h5-7,9-10,15H,8H2,1-4H3,(H,16,18). The van der Waals surface area contributed by atoms with E-state index in [1.807, 2.05) is 13.8 Å². The molecule has 1 atom stereocenters. The summed E-state index contributed by atoms with van der Waals surface area (Å²) in [4.78, 5) is 22.1. The number of hydrogen-bond donors (Lipinski definition) is 2. The number of ether oxygens (including phenoxy) is 1. The van der Waals surface area contributed by atoms with Crippen molar-refractivity contribution in [2.45, 2.75) is 39.4 Å². The fraction of sp³-hybridized carbons (Fsp3) is 0.500. The van der Waals surface area contributed by atoms with Crippen molar-refractivity contribution >= 4 is 11.6 Å². The monoisotopic (exact) mass is 295 g/mol. The van der Waals surface area contributed by atoms with E-state index in [2.05, 4.69) is 10.6 Å². The number of non-ortho nitro benzene ring substituents is 1. The van der Waals surface area contributed by atoms with Gasteiger partial charge in [-0.05, 0) is 32.4 Å². The van der Waals surface area contributed by atoms with E-state index in [9.17, 15) is 14.9 Å². The van der Waals surface area contributed by atoms with Gasteiger partial charge in [-0.15, -0.1) is 0 Å². The van der Waals surface area contributed by atoms with Crippen molar-refractivity contribution in [3.8, 4) is 5.75 Å². The topological polar surface area (TPSA) is 93.5 Å². The molecule has 1 aromatic carbocycles. The molecule has 2 N–H and O–H groups in total. The van der Waals surface area contributed by atoms with Crippen LogP contribution in [0.4, 0.5) is 5.69 Å². The van der Waals surface area contributed by atoms with Crippen LogP contribution in [0.5, 0.6) is 5.75 Å². The molecule has 0 saturated carbocycles. The lowest BCUT2D eigenvalue weighted by Crippen LogP contribution is -2.44. The Morgan fingerprint density at radius 3 is 2.52 bits per heavy atom. The molecule has 1 rings (SSSR count). The van der Waals surface area contributed by atoms with Crippen LogP contribution in [0.3, 0.4) is 0 Å². The second-order valence-electron chi connectivity index (χ2n) is 5.06. The van der Waals surface area contributed by atoms with E-state index in [1.165, 1.54) is 19.2 Å². The highest BCUT2D eigenvalue weighted by Gasteiger charge is 2.14. The van der Waals surface area contributed by atoms with Gasteiger partial charge in [0.25, 0.3) is 5.69 Å². The van der Waals surface area contributed by atoms with E-state index in [1.54, 1.807) is 13.0 Å². The van der Waals surface area contributed by atoms with Crippen molar-refractivity contribution in [3.05, 3.63) is 33.9 Å². The van der Waals surface area contributed by atoms with Gasteiger partial charge in [0.15, 0.2) is 0 Å². The maximum atomic E-state index is 11.8. The van der Waals surface area contributed by atoms with Gasteiger partial charge in [0.05, 0.1) is 24.1 Å². The normalized spacial score (nSPS) is 12.0. The highest BCUT2D eigenvalue weighted by molar-refractivity contribution is 5.81. The molecule has 0 spiro atoms. The van der Waals surface area contributed by atoms with E-state index < -0.39 is 11.0 Å². The molecule has 0 fully saturated rings. The summed E-state index contributed by atoms with van der Waals surface area (Å²) in [6.07, 6.45) is 0. The van der Waals surface area contributed by atoms with Gasteiger partial charge >= 0.3 is 0 Å². The molecule has 0 aliphatic heterocycles. The zero-order valence-electron chi connectivity index (χ0n) is 12.7. The number of methoxy groups -OCH3 is 1. The minimum Gasteiger partial charge on any atom is -0.496 e. The van der Waals surface area contributed by atoms with Gasteiger partial charge in [-0.1, -0.05) is 0 Å². The van der Waals surface area contributed by atoms with Crippen molar-refractivity contribution < 1.29 is 14.5 Å². The van der Waals surface area contributed by atoms with Gasteiger partial charge < -0.3 is 15.4 Å². The van der Waals surface area contributed by atoms with Crippen LogP contribution in [0.25, 0.3) is 0 Å². The average molecular weight is 295 g/mol. The molecule has 21 heavy (non-hydrogen) atoms. The summed E-state index contributed by atoms with van der Waals surface area (Å²) in [6.45, 7) is 5.85. The molecular formula is C14H21N3O4. The molecule has 0 bridgehead atoms. The van der Waals surface area contributed by atoms with Crippen molar-refractivity contribution in [2.75, 3.05) is 7.11 Å². The Morgan fingerprint density at radius 2 is 2.00 bits per heavy atom. The molecular weight excluding hydrogens is 274 g/mol. The van der Waals surface area contributed by atoms with Crippen LogP contribution in [0.15, 0.2) is 18.2 Å². The number of carbonyl (C=O) groups is 1. The number of benzene rings is 1. The SMILES string of the molecule is COc1cc(CNC(C)C(=O)NC(C)C)cc([N+](=O)[O-])c1. The number of rotatable bonds is 7. The van der Waals surface area contributed by atoms with Crippen LogP contribution in [0, 0.1) is 10.1 Å². The third kappa shape index (κ3) is 5.39. The summed E-state index contributed by atoms with van der Waals surface area (Å²) in [5.41, 5.74) is 0.649. The number of hydrogen-bond acceptors (Lipinski definition) is 5. The van der Waals surface area contributed by atoms with Crippen LogP contribution in [-0.4, -0.2) is 30.0 Å². The molecule has 7 heteroatoms. The van der Waals surface area contributed by atoms with Crippen LogP contribution in [0.1, 0.15) is 26.3 Å². The maximum Gasteiger partial charge on any atom is 0.273 e. The Balaban J connectivity index is 2.72. The molecule has 0 heterocycles. The Morgan fingerprint density at radius 1 is 1.33 bits per heavy atom. The van der Waals surface area contributed by atoms with Crippen LogP contribution < -0.4 is 15.4 Å². The van der Waals surface area contributed by atoms with Crippen molar-refractivity contribution in [3.63, 3.8) is 0 Å². The molecule has 0 saturated heterocycles. The van der Waals surface area contributed by atoms with Crippen molar-refractivity contribution in [1.82, 2.24) is 10.6 Å². The first kappa shape index (κ1) is 16.9. The summed E-state index contributed by atoms with van der Waals surface area (Å²) in [5, 5.41) is 16.7. The van der Waals surface area contributed by atoms with E-state index in [0.29, 0.717) is 17.9 Å². The zero-order chi connectivity index (χ0) is 16.0. The second-order valence-corrected chi connectivity index (χ2v) is 5.06. The first-order chi connectivity index (χ1) is 9.83. The van der Waals surface area contributed by atoms with Crippen LogP contribution in [0.2, 0.25) is 0 Å². The summed E-state index contributed by atoms with van der Waals surface area (Å²) in [6, 6.07) is 4.20. The fourth-order valence-electron chi connectivity index (χ4n) is 1.74. The lowest BCUT2D eigenvalue weighted by Gasteiger charge is -2.16. The Hall–Kier alpha value is -2.15. The molecule has 0 aliphatic rings. The highest BCUT2D eigenvalue weighted by atomic mass is 16.6. The number of nitro benzene ring substituents is 1. The minimum absolute atomic E-state index is 0.0366. The number of nitro groups is 1. The van der Waals surface area contributed by atoms with E-state index in [4.69, 9.17) is 4.74 Å². The summed E-state index contributed by atoms with van der Waals surface area (Å²) < 4.78 is 5.04. The van der Waals surface area contributed by atoms with Gasteiger partial charge in [-0.25, -0.2) is 0 Å². The fourth-order valence-corrected chi connectivity index (χ4v) is 1.74. The number of amides is 1. The minimum atomic E-state index is -0.471. The van der Waals surface area contributed by atoms with Crippen LogP contribution >= 0.6 is 0 Å². The van der Waals surface area contributed by atoms with Gasteiger partial charge in [0.1, 0.15) is 5.75 Å². The van der Waals surface area contributed by atoms with Gasteiger partial charge in [-0.2, -0.15) is 0 Å². The van der Waals surface area contributed by atoms with E-state index in [-0.39, 0.29) is 17.6 Å². The predicted octanol–water partition coefficient (Wildman–Crippen LogP) is 1.61. The first-order valence-corrected chi connectivity index (χ1v) is 6.69. The summed E-state index contributed by atoms with van der Waals surface area (Å²) >= 11 is 0. The summed E-state index contributed by atoms with van der Waals surface area (Å²) in [7, 11) is 1.45. The molecule has 1 amide bonds. The predicted molar refractivity (Wildman–Crippen MR) is 79.2 cm³/mol. The molecule has 7 nitrogen and oxygen atoms in total. The smallest absolute Gasteiger partial charge is 0.273 e. The maximum absolute atomic E-state index is 11.8. The molecule has 1 unspecified atom stereocenters. The molecule has 116 valence electrons. The second kappa shape index (κ2) is 7.58. The Kier molecular flexibility index (Phi) is 6.10. The lowest BCUT2D eigenvalue weighted by atomic mass is 10.1. The first-order valence-electron chi connectivity index (χ1n) is 6.69. The average Bonchev–Trinajstić information content (AvgIpc) is 2.43. The van der Waals surface area contributed by atoms with Gasteiger partial charge in [0.2, 0.25) is 5.91 Å². The van der Waals surface area contributed by atoms with Gasteiger partial charge in [-0.3, -0.25) is 14.9 Å². The molecule has 0 aromatic heterocycles. The van der Waals surface area contributed by atoms with Crippen molar-refractivity contribution in [2.24, 2.45) is 0 Å². The molecule has 0 aliphatic carbocycles. The quantitative estimate of drug-likeness (QED) is 0.588. The van der Waals surface area contributed by atoms with Gasteiger partial charge in [0, 0.05) is 18.7 Å². The zero-order valence-corrected chi connectivity index (χ0v) is 12.7. The Bertz CT molecular complexity index is 517. The van der Waals surface area contributed by atoms with E-state index >= 15 is 0 Å². The third-order valence-electron chi connectivity index (χ3n) is 2.83.